The van der Waals surface area contributed by atoms with Gasteiger partial charge in [0.25, 0.3) is 0 Å². The highest BCUT2D eigenvalue weighted by Crippen LogP contribution is 2.38. The number of anilines is 1. The first-order valence-corrected chi connectivity index (χ1v) is 8.73. The van der Waals surface area contributed by atoms with Crippen LogP contribution in [0.4, 0.5) is 5.69 Å². The summed E-state index contributed by atoms with van der Waals surface area (Å²) in [4.78, 5) is 0. The average molecular weight is 516 g/mol. The molecule has 5 heteroatoms. The predicted octanol–water partition coefficient (Wildman–Crippen LogP) is 1.88. The zero-order chi connectivity index (χ0) is 13.5. The van der Waals surface area contributed by atoms with Gasteiger partial charge >= 0.3 is 0 Å². The molecule has 1 aliphatic heterocycles. The van der Waals surface area contributed by atoms with Crippen LogP contribution in [0.2, 0.25) is 0 Å². The van der Waals surface area contributed by atoms with Crippen molar-refractivity contribution in [3.63, 3.8) is 0 Å². The number of hydrogen-bond acceptors (Lipinski definition) is 1. The zero-order valence-corrected chi connectivity index (χ0v) is 17.1. The molecule has 0 aromatic heterocycles. The monoisotopic (exact) mass is 514 g/mol. The molecule has 1 N–H and O–H groups in total. The van der Waals surface area contributed by atoms with E-state index in [4.69, 9.17) is 0 Å². The van der Waals surface area contributed by atoms with Gasteiger partial charge in [-0.05, 0) is 53.7 Å². The van der Waals surface area contributed by atoms with Gasteiger partial charge < -0.3 is 33.8 Å². The van der Waals surface area contributed by atoms with Crippen molar-refractivity contribution in [3.05, 3.63) is 26.6 Å². The summed E-state index contributed by atoms with van der Waals surface area (Å²) in [6.45, 7) is 2.20. The molecule has 2 nitrogen and oxygen atoms in total. The van der Waals surface area contributed by atoms with E-state index in [0.717, 1.165) is 28.2 Å². The van der Waals surface area contributed by atoms with Crippen LogP contribution >= 0.6 is 31.9 Å². The number of quaternary nitrogens is 1. The van der Waals surface area contributed by atoms with Crippen molar-refractivity contribution in [2.24, 2.45) is 0 Å². The molecule has 2 aliphatic rings. The molecule has 1 heterocycles. The third-order valence-corrected chi connectivity index (χ3v) is 5.82. The Hall–Kier alpha value is 0.670. The van der Waals surface area contributed by atoms with Crippen LogP contribution in [-0.2, 0) is 6.54 Å². The van der Waals surface area contributed by atoms with E-state index in [0.29, 0.717) is 0 Å². The first kappa shape index (κ1) is 17.0. The van der Waals surface area contributed by atoms with Gasteiger partial charge in [0, 0.05) is 14.5 Å². The highest BCUT2D eigenvalue weighted by molar-refractivity contribution is 9.11. The number of nitrogens with zero attached hydrogens (tertiary/aromatic N) is 1. The van der Waals surface area contributed by atoms with E-state index in [1.807, 2.05) is 0 Å². The molecule has 1 saturated carbocycles. The Balaban J connectivity index is 0.00000147. The standard InChI is InChI=1S/C15H21Br2N2.HI/c1-19(13-5-3-2-4-6-13)9-11-7-12(16)8-14(17)15(11)18-10-19;/h7-8,13,18H,2-6,9-10H2,1H3;1H/q+1;/p-1. The summed E-state index contributed by atoms with van der Waals surface area (Å²) in [6, 6.07) is 5.22. The summed E-state index contributed by atoms with van der Waals surface area (Å²) in [5, 5.41) is 3.65. The molecule has 20 heavy (non-hydrogen) atoms. The average Bonchev–Trinajstić information content (AvgIpc) is 2.39. The third-order valence-electron chi connectivity index (χ3n) is 4.74. The van der Waals surface area contributed by atoms with Crippen LogP contribution in [0, 0.1) is 0 Å². The second-order valence-electron chi connectivity index (χ2n) is 6.19. The minimum atomic E-state index is 0. The molecule has 0 saturated heterocycles. The maximum atomic E-state index is 3.67. The van der Waals surface area contributed by atoms with Crippen LogP contribution in [0.1, 0.15) is 37.7 Å². The predicted molar refractivity (Wildman–Crippen MR) is 87.1 cm³/mol. The highest BCUT2D eigenvalue weighted by atomic mass is 127. The Morgan fingerprint density at radius 2 is 1.85 bits per heavy atom. The Morgan fingerprint density at radius 3 is 2.55 bits per heavy atom. The van der Waals surface area contributed by atoms with E-state index in [2.05, 4.69) is 56.4 Å². The molecule has 0 spiro atoms. The number of hydrogen-bond donors (Lipinski definition) is 1. The lowest BCUT2D eigenvalue weighted by Gasteiger charge is -2.46. The van der Waals surface area contributed by atoms with E-state index in [-0.39, 0.29) is 24.0 Å². The Bertz CT molecular complexity index is 489. The fourth-order valence-electron chi connectivity index (χ4n) is 3.62. The number of fused-ring (bicyclic) bond motifs is 1. The lowest BCUT2D eigenvalue weighted by Crippen LogP contribution is -3.00. The van der Waals surface area contributed by atoms with Crippen LogP contribution in [0.15, 0.2) is 21.1 Å². The van der Waals surface area contributed by atoms with Gasteiger partial charge in [-0.1, -0.05) is 22.4 Å². The summed E-state index contributed by atoms with van der Waals surface area (Å²) in [5.41, 5.74) is 2.72. The maximum Gasteiger partial charge on any atom is 0.152 e. The van der Waals surface area contributed by atoms with Crippen molar-refractivity contribution in [2.45, 2.75) is 44.7 Å². The number of halogens is 3. The molecule has 112 valence electrons. The second kappa shape index (κ2) is 6.84. The SMILES string of the molecule is C[N+]1(C2CCCCC2)CNc2c(Br)cc(Br)cc2C1.[I-]. The van der Waals surface area contributed by atoms with Gasteiger partial charge in [0.05, 0.1) is 18.8 Å². The number of rotatable bonds is 1. The Labute approximate surface area is 155 Å². The molecular formula is C15H21Br2IN2. The minimum Gasteiger partial charge on any atom is -1.00 e. The summed E-state index contributed by atoms with van der Waals surface area (Å²) < 4.78 is 3.49. The van der Waals surface area contributed by atoms with Crippen molar-refractivity contribution >= 4 is 37.5 Å². The van der Waals surface area contributed by atoms with Gasteiger partial charge in [-0.25, -0.2) is 0 Å². The molecule has 0 bridgehead atoms. The quantitative estimate of drug-likeness (QED) is 0.445. The summed E-state index contributed by atoms with van der Waals surface area (Å²) in [7, 11) is 2.42. The second-order valence-corrected chi connectivity index (χ2v) is 7.96. The Morgan fingerprint density at radius 1 is 1.15 bits per heavy atom. The van der Waals surface area contributed by atoms with Gasteiger partial charge in [0.1, 0.15) is 6.54 Å². The molecule has 0 amide bonds. The van der Waals surface area contributed by atoms with Gasteiger partial charge in [0.15, 0.2) is 6.67 Å². The third kappa shape index (κ3) is 3.36. The molecule has 1 unspecified atom stereocenters. The molecule has 1 aromatic carbocycles. The Kier molecular flexibility index (Phi) is 5.82. The van der Waals surface area contributed by atoms with E-state index >= 15 is 0 Å². The van der Waals surface area contributed by atoms with E-state index in [9.17, 15) is 0 Å². The summed E-state index contributed by atoms with van der Waals surface area (Å²) >= 11 is 7.28. The normalized spacial score (nSPS) is 26.4. The van der Waals surface area contributed by atoms with Gasteiger partial charge in [0.2, 0.25) is 0 Å². The van der Waals surface area contributed by atoms with Crippen LogP contribution < -0.4 is 29.3 Å². The van der Waals surface area contributed by atoms with E-state index in [1.54, 1.807) is 0 Å². The van der Waals surface area contributed by atoms with Gasteiger partial charge in [-0.3, -0.25) is 0 Å². The summed E-state index contributed by atoms with van der Waals surface area (Å²) in [5.74, 6) is 0. The zero-order valence-electron chi connectivity index (χ0n) is 11.8. The molecule has 1 atom stereocenters. The lowest BCUT2D eigenvalue weighted by atomic mass is 9.91. The van der Waals surface area contributed by atoms with Crippen molar-refractivity contribution < 1.29 is 28.5 Å². The van der Waals surface area contributed by atoms with Crippen LogP contribution in [-0.4, -0.2) is 24.2 Å². The van der Waals surface area contributed by atoms with Crippen molar-refractivity contribution in [2.75, 3.05) is 19.0 Å². The molecule has 1 fully saturated rings. The fraction of sp³-hybridized carbons (Fsp3) is 0.600. The fourth-order valence-corrected chi connectivity index (χ4v) is 5.07. The van der Waals surface area contributed by atoms with Crippen LogP contribution in [0.3, 0.4) is 0 Å². The van der Waals surface area contributed by atoms with E-state index < -0.39 is 0 Å². The first-order chi connectivity index (χ1) is 9.08. The number of nitrogens with one attached hydrogen (secondary N) is 1. The van der Waals surface area contributed by atoms with Crippen molar-refractivity contribution in [1.29, 1.82) is 0 Å². The van der Waals surface area contributed by atoms with Crippen molar-refractivity contribution in [1.82, 2.24) is 0 Å². The molecule has 3 rings (SSSR count). The number of benzene rings is 1. The van der Waals surface area contributed by atoms with E-state index in [1.165, 1.54) is 47.8 Å². The van der Waals surface area contributed by atoms with Gasteiger partial charge in [-0.2, -0.15) is 0 Å². The summed E-state index contributed by atoms with van der Waals surface area (Å²) in [6.07, 6.45) is 7.03. The highest BCUT2D eigenvalue weighted by Gasteiger charge is 2.37. The first-order valence-electron chi connectivity index (χ1n) is 7.14. The van der Waals surface area contributed by atoms with Crippen LogP contribution in [0.25, 0.3) is 0 Å². The smallest absolute Gasteiger partial charge is 0.152 e. The van der Waals surface area contributed by atoms with Crippen molar-refractivity contribution in [3.8, 4) is 0 Å². The molecular weight excluding hydrogens is 495 g/mol. The minimum absolute atomic E-state index is 0. The molecule has 1 aromatic rings. The van der Waals surface area contributed by atoms with Crippen LogP contribution in [0.5, 0.6) is 0 Å². The van der Waals surface area contributed by atoms with Gasteiger partial charge in [-0.15, -0.1) is 0 Å². The largest absolute Gasteiger partial charge is 1.00 e. The maximum absolute atomic E-state index is 3.67. The lowest BCUT2D eigenvalue weighted by molar-refractivity contribution is -0.945. The molecule has 0 radical (unpaired) electrons. The topological polar surface area (TPSA) is 12.0 Å². The molecule has 1 aliphatic carbocycles.